The lowest BCUT2D eigenvalue weighted by Crippen LogP contribution is -2.35. The lowest BCUT2D eigenvalue weighted by atomic mass is 10.1. The number of hydrogen-bond acceptors (Lipinski definition) is 7. The van der Waals surface area contributed by atoms with Crippen LogP contribution in [0.3, 0.4) is 0 Å². The van der Waals surface area contributed by atoms with Crippen molar-refractivity contribution in [1.29, 1.82) is 5.41 Å². The zero-order valence-electron chi connectivity index (χ0n) is 18.0. The molecule has 170 valence electrons. The number of thioether (sulfide) groups is 1. The average Bonchev–Trinajstić information content (AvgIpc) is 3.24. The van der Waals surface area contributed by atoms with Crippen LogP contribution >= 0.6 is 34.4 Å². The number of hydrazone groups is 1. The number of amides is 1. The van der Waals surface area contributed by atoms with E-state index in [0.29, 0.717) is 41.9 Å². The molecule has 0 fully saturated rings. The van der Waals surface area contributed by atoms with E-state index in [9.17, 15) is 4.79 Å². The number of amidine groups is 2. The number of carbonyl (C=O) groups is 1. The zero-order chi connectivity index (χ0) is 23.4. The molecule has 1 amide bonds. The maximum absolute atomic E-state index is 12.6. The minimum absolute atomic E-state index is 0.00770. The molecule has 2 aromatic rings. The molecule has 0 atom stereocenters. The summed E-state index contributed by atoms with van der Waals surface area (Å²) in [6, 6.07) is 13.2. The number of aliphatic imine (C=N–C) groups is 1. The monoisotopic (exact) mass is 576 g/mol. The summed E-state index contributed by atoms with van der Waals surface area (Å²) in [5, 5.41) is 15.5. The number of carbonyl (C=O) groups excluding carboxylic acids is 1. The molecule has 2 heterocycles. The van der Waals surface area contributed by atoms with Crippen molar-refractivity contribution in [3.8, 4) is 17.2 Å². The Kier molecular flexibility index (Phi) is 7.33. The average molecular weight is 576 g/mol. The van der Waals surface area contributed by atoms with E-state index in [2.05, 4.69) is 32.7 Å². The topological polar surface area (TPSA) is 96.6 Å². The van der Waals surface area contributed by atoms with E-state index in [-0.39, 0.29) is 11.4 Å². The highest BCUT2D eigenvalue weighted by molar-refractivity contribution is 14.1. The second-order valence-corrected chi connectivity index (χ2v) is 9.11. The van der Waals surface area contributed by atoms with Crippen LogP contribution < -0.4 is 14.2 Å². The Bertz CT molecular complexity index is 1180. The van der Waals surface area contributed by atoms with Crippen molar-refractivity contribution in [3.63, 3.8) is 0 Å². The Morgan fingerprint density at radius 1 is 1.18 bits per heavy atom. The lowest BCUT2D eigenvalue weighted by Gasteiger charge is -2.20. The zero-order valence-corrected chi connectivity index (χ0v) is 21.0. The molecule has 0 aliphatic carbocycles. The molecular weight excluding hydrogens is 555 g/mol. The molecule has 0 bridgehead atoms. The predicted molar refractivity (Wildman–Crippen MR) is 138 cm³/mol. The first kappa shape index (κ1) is 23.3. The van der Waals surface area contributed by atoms with Gasteiger partial charge in [-0.3, -0.25) is 10.2 Å². The number of nitrogens with zero attached hydrogens (tertiary/aromatic N) is 3. The fourth-order valence-electron chi connectivity index (χ4n) is 3.12. The molecule has 2 aliphatic rings. The van der Waals surface area contributed by atoms with Gasteiger partial charge < -0.3 is 14.2 Å². The largest absolute Gasteiger partial charge is 0.493 e. The number of ether oxygens (including phenoxy) is 3. The normalized spacial score (nSPS) is 16.5. The van der Waals surface area contributed by atoms with Gasteiger partial charge in [0.05, 0.1) is 16.3 Å². The molecule has 4 rings (SSSR count). The molecule has 33 heavy (non-hydrogen) atoms. The summed E-state index contributed by atoms with van der Waals surface area (Å²) in [5.41, 5.74) is 0.866. The van der Waals surface area contributed by atoms with Gasteiger partial charge >= 0.3 is 0 Å². The van der Waals surface area contributed by atoms with Gasteiger partial charge in [-0.1, -0.05) is 25.1 Å². The van der Waals surface area contributed by atoms with Gasteiger partial charge in [-0.15, -0.1) is 0 Å². The molecule has 0 radical (unpaired) electrons. The van der Waals surface area contributed by atoms with Crippen molar-refractivity contribution in [2.45, 2.75) is 13.3 Å². The molecule has 1 N–H and O–H groups in total. The van der Waals surface area contributed by atoms with Crippen LogP contribution in [0.2, 0.25) is 0 Å². The highest BCUT2D eigenvalue weighted by Crippen LogP contribution is 2.35. The first-order valence-electron chi connectivity index (χ1n) is 10.2. The fraction of sp³-hybridized carbons (Fsp3) is 0.217. The van der Waals surface area contributed by atoms with Crippen LogP contribution in [0.1, 0.15) is 18.9 Å². The molecule has 0 aromatic heterocycles. The van der Waals surface area contributed by atoms with E-state index >= 15 is 0 Å². The summed E-state index contributed by atoms with van der Waals surface area (Å²) in [5.74, 6) is 1.44. The highest BCUT2D eigenvalue weighted by Gasteiger charge is 2.35. The first-order valence-corrected chi connectivity index (χ1v) is 12.1. The van der Waals surface area contributed by atoms with Gasteiger partial charge in [0.25, 0.3) is 5.91 Å². The Morgan fingerprint density at radius 2 is 1.94 bits per heavy atom. The van der Waals surface area contributed by atoms with E-state index in [0.717, 1.165) is 14.4 Å². The van der Waals surface area contributed by atoms with E-state index in [1.807, 2.05) is 43.3 Å². The standard InChI is InChI=1S/C23H21IN4O4S/c1-3-19-27-28-21(25)16(22(29)26-23(28)33-19)11-14-12-17(24)20(18(13-14)30-2)32-10-9-31-15-7-5-4-6-8-15/h4-8,11-13,25H,3,9-10H2,1-2H3/b16-11-,25-21?. The Hall–Kier alpha value is -2.86. The van der Waals surface area contributed by atoms with Gasteiger partial charge in [-0.2, -0.15) is 15.1 Å². The number of rotatable bonds is 8. The summed E-state index contributed by atoms with van der Waals surface area (Å²) in [6.45, 7) is 2.69. The number of benzene rings is 2. The van der Waals surface area contributed by atoms with Crippen LogP contribution in [-0.4, -0.2) is 47.3 Å². The lowest BCUT2D eigenvalue weighted by molar-refractivity contribution is -0.114. The quantitative estimate of drug-likeness (QED) is 0.276. The van der Waals surface area contributed by atoms with Gasteiger partial charge in [0.2, 0.25) is 5.17 Å². The Balaban J connectivity index is 1.50. The number of hydrogen-bond donors (Lipinski definition) is 1. The number of methoxy groups -OCH3 is 1. The summed E-state index contributed by atoms with van der Waals surface area (Å²) >= 11 is 3.48. The Labute approximate surface area is 209 Å². The van der Waals surface area contributed by atoms with Crippen molar-refractivity contribution in [3.05, 3.63) is 57.2 Å². The van der Waals surface area contributed by atoms with E-state index in [1.54, 1.807) is 19.3 Å². The SMILES string of the molecule is CCC1=NN2C(=N)/C(=C/c3cc(I)c(OCCOc4ccccc4)c(OC)c3)C(=O)N=C2S1. The number of fused-ring (bicyclic) bond motifs is 1. The van der Waals surface area contributed by atoms with Crippen LogP contribution in [0.5, 0.6) is 17.2 Å². The molecule has 0 spiro atoms. The van der Waals surface area contributed by atoms with Crippen LogP contribution in [0, 0.1) is 8.98 Å². The molecule has 0 unspecified atom stereocenters. The van der Waals surface area contributed by atoms with E-state index in [4.69, 9.17) is 19.6 Å². The predicted octanol–water partition coefficient (Wildman–Crippen LogP) is 4.79. The minimum atomic E-state index is -0.460. The maximum Gasteiger partial charge on any atom is 0.283 e. The molecule has 2 aliphatic heterocycles. The molecular formula is C23H21IN4O4S. The number of halogens is 1. The van der Waals surface area contributed by atoms with Gasteiger partial charge in [0.15, 0.2) is 17.3 Å². The Morgan fingerprint density at radius 3 is 2.67 bits per heavy atom. The minimum Gasteiger partial charge on any atom is -0.493 e. The van der Waals surface area contributed by atoms with E-state index < -0.39 is 5.91 Å². The smallest absolute Gasteiger partial charge is 0.283 e. The van der Waals surface area contributed by atoms with Gasteiger partial charge in [-0.25, -0.2) is 0 Å². The van der Waals surface area contributed by atoms with Gasteiger partial charge in [-0.05, 0) is 76.7 Å². The van der Waals surface area contributed by atoms with Crippen molar-refractivity contribution in [1.82, 2.24) is 5.01 Å². The summed E-state index contributed by atoms with van der Waals surface area (Å²) in [4.78, 5) is 16.7. The van der Waals surface area contributed by atoms with Gasteiger partial charge in [0, 0.05) is 0 Å². The van der Waals surface area contributed by atoms with Gasteiger partial charge in [0.1, 0.15) is 24.0 Å². The van der Waals surface area contributed by atoms with E-state index in [1.165, 1.54) is 16.8 Å². The molecule has 0 saturated carbocycles. The second kappa shape index (κ2) is 10.4. The molecule has 2 aromatic carbocycles. The third-order valence-electron chi connectivity index (χ3n) is 4.70. The molecule has 0 saturated heterocycles. The number of nitrogens with one attached hydrogen (secondary N) is 1. The van der Waals surface area contributed by atoms with Crippen molar-refractivity contribution >= 4 is 62.4 Å². The van der Waals surface area contributed by atoms with Crippen molar-refractivity contribution in [2.24, 2.45) is 10.1 Å². The second-order valence-electron chi connectivity index (χ2n) is 6.91. The summed E-state index contributed by atoms with van der Waals surface area (Å²) in [6.07, 6.45) is 2.34. The highest BCUT2D eigenvalue weighted by atomic mass is 127. The van der Waals surface area contributed by atoms with Crippen LogP contribution in [0.4, 0.5) is 0 Å². The molecule has 10 heteroatoms. The van der Waals surface area contributed by atoms with Crippen LogP contribution in [0.15, 0.2) is 58.1 Å². The first-order chi connectivity index (χ1) is 16.0. The summed E-state index contributed by atoms with van der Waals surface area (Å²) in [7, 11) is 1.56. The van der Waals surface area contributed by atoms with Crippen molar-refractivity contribution < 1.29 is 19.0 Å². The third kappa shape index (κ3) is 5.22. The molecule has 8 nitrogen and oxygen atoms in total. The maximum atomic E-state index is 12.6. The van der Waals surface area contributed by atoms with Crippen LogP contribution in [-0.2, 0) is 4.79 Å². The van der Waals surface area contributed by atoms with Crippen LogP contribution in [0.25, 0.3) is 6.08 Å². The van der Waals surface area contributed by atoms with Crippen molar-refractivity contribution in [2.75, 3.05) is 20.3 Å². The third-order valence-corrected chi connectivity index (χ3v) is 6.56. The number of para-hydroxylation sites is 1. The fourth-order valence-corrected chi connectivity index (χ4v) is 4.73. The summed E-state index contributed by atoms with van der Waals surface area (Å²) < 4.78 is 17.9.